The van der Waals surface area contributed by atoms with Crippen LogP contribution in [0.15, 0.2) is 30.3 Å². The monoisotopic (exact) mass is 348 g/mol. The number of carbonyl (C=O) groups is 2. The molecule has 7 nitrogen and oxygen atoms in total. The van der Waals surface area contributed by atoms with Gasteiger partial charge in [-0.1, -0.05) is 6.07 Å². The van der Waals surface area contributed by atoms with Gasteiger partial charge in [-0.2, -0.15) is 0 Å². The number of aromatic nitrogens is 2. The van der Waals surface area contributed by atoms with E-state index in [9.17, 15) is 18.4 Å². The number of hydrogen-bond acceptors (Lipinski definition) is 5. The summed E-state index contributed by atoms with van der Waals surface area (Å²) in [5, 5.41) is 9.95. The quantitative estimate of drug-likeness (QED) is 0.851. The zero-order valence-electron chi connectivity index (χ0n) is 13.4. The first-order valence-electron chi connectivity index (χ1n) is 7.32. The van der Waals surface area contributed by atoms with Gasteiger partial charge in [-0.3, -0.25) is 9.69 Å². The van der Waals surface area contributed by atoms with Crippen molar-refractivity contribution >= 4 is 11.9 Å². The van der Waals surface area contributed by atoms with E-state index in [4.69, 9.17) is 4.74 Å². The lowest BCUT2D eigenvalue weighted by Gasteiger charge is -2.23. The van der Waals surface area contributed by atoms with Gasteiger partial charge in [0.05, 0.1) is 24.9 Å². The maximum Gasteiger partial charge on any atom is 0.325 e. The zero-order chi connectivity index (χ0) is 18.2. The molecule has 3 rings (SSSR count). The summed E-state index contributed by atoms with van der Waals surface area (Å²) in [6.07, 6.45) is 0. The number of benzene rings is 1. The number of hydrogen-bond donors (Lipinski definition) is 1. The first kappa shape index (κ1) is 16.7. The van der Waals surface area contributed by atoms with E-state index in [1.165, 1.54) is 32.2 Å². The molecule has 0 unspecified atom stereocenters. The molecule has 130 valence electrons. The number of nitrogens with one attached hydrogen (secondary N) is 1. The molecule has 2 heterocycles. The van der Waals surface area contributed by atoms with Gasteiger partial charge in [-0.05, 0) is 25.1 Å². The number of ether oxygens (including phenoxy) is 1. The topological polar surface area (TPSA) is 84.4 Å². The Hall–Kier alpha value is -3.10. The first-order valence-corrected chi connectivity index (χ1v) is 7.32. The third kappa shape index (κ3) is 2.77. The Labute approximate surface area is 141 Å². The van der Waals surface area contributed by atoms with Gasteiger partial charge in [-0.15, -0.1) is 10.2 Å². The summed E-state index contributed by atoms with van der Waals surface area (Å²) in [5.41, 5.74) is -2.02. The summed E-state index contributed by atoms with van der Waals surface area (Å²) in [6, 6.07) is 5.53. The first-order chi connectivity index (χ1) is 11.9. The molecule has 1 aliphatic heterocycles. The average Bonchev–Trinajstić information content (AvgIpc) is 2.79. The van der Waals surface area contributed by atoms with Crippen molar-refractivity contribution in [3.05, 3.63) is 53.2 Å². The van der Waals surface area contributed by atoms with Crippen LogP contribution in [0.4, 0.5) is 13.6 Å². The van der Waals surface area contributed by atoms with Crippen LogP contribution in [0.5, 0.6) is 5.88 Å². The molecule has 0 radical (unpaired) electrons. The van der Waals surface area contributed by atoms with E-state index in [1.54, 1.807) is 0 Å². The largest absolute Gasteiger partial charge is 0.480 e. The number of methoxy groups -OCH3 is 1. The molecule has 25 heavy (non-hydrogen) atoms. The standard InChI is InChI=1S/C16H14F2N4O3/c1-16(13-10(17)4-3-5-11(13)18)14(23)22(15(24)19-16)8-9-6-7-12(25-2)21-20-9/h3-7H,8H2,1-2H3,(H,19,24)/t16-/m0/s1. The van der Waals surface area contributed by atoms with Gasteiger partial charge >= 0.3 is 6.03 Å². The molecule has 1 aromatic heterocycles. The molecule has 1 aliphatic rings. The highest BCUT2D eigenvalue weighted by atomic mass is 19.1. The molecule has 0 saturated carbocycles. The summed E-state index contributed by atoms with van der Waals surface area (Å²) >= 11 is 0. The van der Waals surface area contributed by atoms with Crippen LogP contribution in [0.25, 0.3) is 0 Å². The van der Waals surface area contributed by atoms with Gasteiger partial charge in [-0.25, -0.2) is 13.6 Å². The second-order valence-corrected chi connectivity index (χ2v) is 5.61. The average molecular weight is 348 g/mol. The Balaban J connectivity index is 1.91. The molecule has 3 amide bonds. The Morgan fingerprint density at radius 1 is 1.16 bits per heavy atom. The van der Waals surface area contributed by atoms with E-state index in [-0.39, 0.29) is 12.4 Å². The molecule has 1 aromatic carbocycles. The van der Waals surface area contributed by atoms with E-state index in [0.29, 0.717) is 5.69 Å². The minimum Gasteiger partial charge on any atom is -0.480 e. The number of imide groups is 1. The molecular weight excluding hydrogens is 334 g/mol. The van der Waals surface area contributed by atoms with Gasteiger partial charge in [0.15, 0.2) is 0 Å². The number of rotatable bonds is 4. The lowest BCUT2D eigenvalue weighted by atomic mass is 9.91. The van der Waals surface area contributed by atoms with Gasteiger partial charge in [0, 0.05) is 6.07 Å². The highest BCUT2D eigenvalue weighted by Crippen LogP contribution is 2.33. The number of urea groups is 1. The molecular formula is C16H14F2N4O3. The minimum atomic E-state index is -1.84. The van der Waals surface area contributed by atoms with Gasteiger partial charge in [0.2, 0.25) is 5.88 Å². The predicted molar refractivity (Wildman–Crippen MR) is 81.4 cm³/mol. The maximum absolute atomic E-state index is 14.1. The normalized spacial score (nSPS) is 19.9. The molecule has 2 aromatic rings. The molecule has 9 heteroatoms. The van der Waals surface area contributed by atoms with Crippen molar-refractivity contribution in [1.29, 1.82) is 0 Å². The second kappa shape index (κ2) is 6.08. The van der Waals surface area contributed by atoms with Crippen molar-refractivity contribution in [2.75, 3.05) is 7.11 Å². The van der Waals surface area contributed by atoms with Crippen molar-refractivity contribution in [3.63, 3.8) is 0 Å². The summed E-state index contributed by atoms with van der Waals surface area (Å²) in [6.45, 7) is 1.07. The Morgan fingerprint density at radius 2 is 1.84 bits per heavy atom. The summed E-state index contributed by atoms with van der Waals surface area (Å²) in [5.74, 6) is -2.33. The van der Waals surface area contributed by atoms with Crippen LogP contribution in [0, 0.1) is 11.6 Å². The fraction of sp³-hybridized carbons (Fsp3) is 0.250. The van der Waals surface area contributed by atoms with Gasteiger partial charge in [0.1, 0.15) is 17.2 Å². The zero-order valence-corrected chi connectivity index (χ0v) is 13.4. The third-order valence-electron chi connectivity index (χ3n) is 3.96. The van der Waals surface area contributed by atoms with Crippen LogP contribution in [-0.4, -0.2) is 34.1 Å². The Kier molecular flexibility index (Phi) is 4.07. The lowest BCUT2D eigenvalue weighted by Crippen LogP contribution is -2.42. The van der Waals surface area contributed by atoms with E-state index < -0.39 is 34.7 Å². The molecule has 1 N–H and O–H groups in total. The van der Waals surface area contributed by atoms with Crippen LogP contribution in [-0.2, 0) is 16.9 Å². The molecule has 1 atom stereocenters. The fourth-order valence-corrected chi connectivity index (χ4v) is 2.69. The van der Waals surface area contributed by atoms with Crippen LogP contribution in [0.2, 0.25) is 0 Å². The van der Waals surface area contributed by atoms with Crippen LogP contribution < -0.4 is 10.1 Å². The Morgan fingerprint density at radius 3 is 2.40 bits per heavy atom. The minimum absolute atomic E-state index is 0.187. The number of halogens is 2. The van der Waals surface area contributed by atoms with Crippen molar-refractivity contribution in [3.8, 4) is 5.88 Å². The molecule has 0 bridgehead atoms. The summed E-state index contributed by atoms with van der Waals surface area (Å²) < 4.78 is 33.1. The lowest BCUT2D eigenvalue weighted by molar-refractivity contribution is -0.131. The maximum atomic E-state index is 14.1. The molecule has 0 aliphatic carbocycles. The van der Waals surface area contributed by atoms with Crippen LogP contribution >= 0.6 is 0 Å². The fourth-order valence-electron chi connectivity index (χ4n) is 2.69. The van der Waals surface area contributed by atoms with Crippen LogP contribution in [0.3, 0.4) is 0 Å². The Bertz CT molecular complexity index is 824. The number of amides is 3. The SMILES string of the molecule is COc1ccc(CN2C(=O)N[C@@](C)(c3c(F)cccc3F)C2=O)nn1. The smallest absolute Gasteiger partial charge is 0.325 e. The van der Waals surface area contributed by atoms with Gasteiger partial charge in [0.25, 0.3) is 5.91 Å². The predicted octanol–water partition coefficient (Wildman–Crippen LogP) is 1.73. The summed E-state index contributed by atoms with van der Waals surface area (Å²) in [4.78, 5) is 25.7. The number of nitrogens with zero attached hydrogens (tertiary/aromatic N) is 3. The number of carbonyl (C=O) groups excluding carboxylic acids is 2. The van der Waals surface area contributed by atoms with Crippen molar-refractivity contribution in [1.82, 2.24) is 20.4 Å². The highest BCUT2D eigenvalue weighted by molar-refractivity contribution is 6.07. The van der Waals surface area contributed by atoms with Crippen molar-refractivity contribution in [2.24, 2.45) is 0 Å². The van der Waals surface area contributed by atoms with Crippen molar-refractivity contribution in [2.45, 2.75) is 19.0 Å². The molecule has 1 fully saturated rings. The van der Waals surface area contributed by atoms with E-state index >= 15 is 0 Å². The van der Waals surface area contributed by atoms with Crippen LogP contribution in [0.1, 0.15) is 18.2 Å². The van der Waals surface area contributed by atoms with Gasteiger partial charge < -0.3 is 10.1 Å². The molecule has 0 spiro atoms. The van der Waals surface area contributed by atoms with E-state index in [0.717, 1.165) is 17.0 Å². The van der Waals surface area contributed by atoms with Crippen molar-refractivity contribution < 1.29 is 23.1 Å². The second-order valence-electron chi connectivity index (χ2n) is 5.61. The molecule has 1 saturated heterocycles. The van der Waals surface area contributed by atoms with E-state index in [1.807, 2.05) is 0 Å². The van der Waals surface area contributed by atoms with E-state index in [2.05, 4.69) is 15.5 Å². The third-order valence-corrected chi connectivity index (χ3v) is 3.96. The highest BCUT2D eigenvalue weighted by Gasteiger charge is 2.51. The summed E-state index contributed by atoms with van der Waals surface area (Å²) in [7, 11) is 1.43.